The topological polar surface area (TPSA) is 58.2 Å². The zero-order valence-corrected chi connectivity index (χ0v) is 11.1. The van der Waals surface area contributed by atoms with Gasteiger partial charge in [0, 0.05) is 13.1 Å². The standard InChI is InChI=1S/C13H19F3N2O2/c14-13(15,16)12(20)18-9-8-17-11(19)7-6-10-4-2-1-3-5-10/h6-7,10H,1-5,8-9H2,(H,17,19)(H,18,20)/b7-6+. The van der Waals surface area contributed by atoms with Crippen LogP contribution in [0.1, 0.15) is 32.1 Å². The first kappa shape index (κ1) is 16.5. The maximum absolute atomic E-state index is 11.9. The van der Waals surface area contributed by atoms with Crippen molar-refractivity contribution in [1.29, 1.82) is 0 Å². The van der Waals surface area contributed by atoms with Crippen molar-refractivity contribution in [2.75, 3.05) is 13.1 Å². The number of rotatable bonds is 5. The number of halogens is 3. The average molecular weight is 292 g/mol. The predicted molar refractivity (Wildman–Crippen MR) is 67.8 cm³/mol. The van der Waals surface area contributed by atoms with Crippen molar-refractivity contribution in [3.63, 3.8) is 0 Å². The van der Waals surface area contributed by atoms with Crippen LogP contribution in [0.25, 0.3) is 0 Å². The first-order valence-corrected chi connectivity index (χ1v) is 6.70. The van der Waals surface area contributed by atoms with Gasteiger partial charge in [-0.25, -0.2) is 0 Å². The lowest BCUT2D eigenvalue weighted by atomic mass is 9.89. The van der Waals surface area contributed by atoms with Gasteiger partial charge in [-0.05, 0) is 24.8 Å². The first-order chi connectivity index (χ1) is 9.39. The van der Waals surface area contributed by atoms with Crippen molar-refractivity contribution >= 4 is 11.8 Å². The maximum atomic E-state index is 11.9. The molecule has 0 aromatic carbocycles. The predicted octanol–water partition coefficient (Wildman–Crippen LogP) is 1.92. The van der Waals surface area contributed by atoms with Crippen LogP contribution in [-0.2, 0) is 9.59 Å². The molecular formula is C13H19F3N2O2. The number of hydrogen-bond acceptors (Lipinski definition) is 2. The van der Waals surface area contributed by atoms with E-state index in [1.807, 2.05) is 6.08 Å². The normalized spacial score (nSPS) is 17.1. The fourth-order valence-corrected chi connectivity index (χ4v) is 2.07. The van der Waals surface area contributed by atoms with Crippen molar-refractivity contribution < 1.29 is 22.8 Å². The summed E-state index contributed by atoms with van der Waals surface area (Å²) in [5.41, 5.74) is 0. The summed E-state index contributed by atoms with van der Waals surface area (Å²) in [5.74, 6) is -1.93. The Morgan fingerprint density at radius 1 is 1.05 bits per heavy atom. The van der Waals surface area contributed by atoms with Crippen LogP contribution in [0.2, 0.25) is 0 Å². The molecular weight excluding hydrogens is 273 g/mol. The van der Waals surface area contributed by atoms with E-state index in [0.29, 0.717) is 5.92 Å². The minimum Gasteiger partial charge on any atom is -0.351 e. The Morgan fingerprint density at radius 2 is 1.65 bits per heavy atom. The highest BCUT2D eigenvalue weighted by molar-refractivity contribution is 5.87. The number of carbonyl (C=O) groups is 2. The zero-order chi connectivity index (χ0) is 15.0. The van der Waals surface area contributed by atoms with Gasteiger partial charge in [0.05, 0.1) is 0 Å². The van der Waals surface area contributed by atoms with Gasteiger partial charge in [0.25, 0.3) is 0 Å². The number of alkyl halides is 3. The van der Waals surface area contributed by atoms with Crippen LogP contribution in [-0.4, -0.2) is 31.1 Å². The second-order valence-corrected chi connectivity index (χ2v) is 4.80. The van der Waals surface area contributed by atoms with E-state index in [0.717, 1.165) is 12.8 Å². The molecule has 20 heavy (non-hydrogen) atoms. The molecule has 1 aliphatic carbocycles. The third-order valence-corrected chi connectivity index (χ3v) is 3.14. The Bertz CT molecular complexity index is 361. The van der Waals surface area contributed by atoms with Gasteiger partial charge in [-0.15, -0.1) is 0 Å². The van der Waals surface area contributed by atoms with Crippen molar-refractivity contribution in [1.82, 2.24) is 10.6 Å². The highest BCUT2D eigenvalue weighted by Gasteiger charge is 2.38. The fraction of sp³-hybridized carbons (Fsp3) is 0.692. The minimum atomic E-state index is -4.88. The summed E-state index contributed by atoms with van der Waals surface area (Å²) in [6.07, 6.45) is 4.10. The lowest BCUT2D eigenvalue weighted by Crippen LogP contribution is -2.40. The number of amides is 2. The molecule has 0 saturated heterocycles. The molecule has 4 nitrogen and oxygen atoms in total. The summed E-state index contributed by atoms with van der Waals surface area (Å²) >= 11 is 0. The molecule has 1 rings (SSSR count). The number of allylic oxidation sites excluding steroid dienone is 1. The maximum Gasteiger partial charge on any atom is 0.471 e. The van der Waals surface area contributed by atoms with Crippen LogP contribution >= 0.6 is 0 Å². The van der Waals surface area contributed by atoms with Crippen molar-refractivity contribution in [3.8, 4) is 0 Å². The molecule has 0 aromatic heterocycles. The summed E-state index contributed by atoms with van der Waals surface area (Å²) in [4.78, 5) is 21.9. The molecule has 0 aromatic rings. The van der Waals surface area contributed by atoms with Crippen LogP contribution in [0.3, 0.4) is 0 Å². The van der Waals surface area contributed by atoms with E-state index in [4.69, 9.17) is 0 Å². The second-order valence-electron chi connectivity index (χ2n) is 4.80. The monoisotopic (exact) mass is 292 g/mol. The van der Waals surface area contributed by atoms with Crippen molar-refractivity contribution in [2.45, 2.75) is 38.3 Å². The quantitative estimate of drug-likeness (QED) is 0.601. The van der Waals surface area contributed by atoms with E-state index in [2.05, 4.69) is 5.32 Å². The molecule has 0 bridgehead atoms. The van der Waals surface area contributed by atoms with Crippen LogP contribution in [0, 0.1) is 5.92 Å². The lowest BCUT2D eigenvalue weighted by Gasteiger charge is -2.17. The SMILES string of the molecule is O=C(/C=C/C1CCCCC1)NCCNC(=O)C(F)(F)F. The van der Waals surface area contributed by atoms with Gasteiger partial charge < -0.3 is 10.6 Å². The molecule has 1 aliphatic rings. The van der Waals surface area contributed by atoms with Gasteiger partial charge in [0.15, 0.2) is 0 Å². The molecule has 0 aliphatic heterocycles. The van der Waals surface area contributed by atoms with Gasteiger partial charge in [0.1, 0.15) is 0 Å². The van der Waals surface area contributed by atoms with Crippen LogP contribution < -0.4 is 10.6 Å². The van der Waals surface area contributed by atoms with E-state index in [9.17, 15) is 22.8 Å². The van der Waals surface area contributed by atoms with Gasteiger partial charge >= 0.3 is 12.1 Å². The zero-order valence-electron chi connectivity index (χ0n) is 11.1. The van der Waals surface area contributed by atoms with E-state index in [1.165, 1.54) is 25.3 Å². The van der Waals surface area contributed by atoms with Gasteiger partial charge in [-0.2, -0.15) is 13.2 Å². The Hall–Kier alpha value is -1.53. The molecule has 0 atom stereocenters. The molecule has 2 N–H and O–H groups in total. The lowest BCUT2D eigenvalue weighted by molar-refractivity contribution is -0.173. The Morgan fingerprint density at radius 3 is 2.25 bits per heavy atom. The average Bonchev–Trinajstić information content (AvgIpc) is 2.41. The van der Waals surface area contributed by atoms with Gasteiger partial charge in [-0.3, -0.25) is 9.59 Å². The molecule has 114 valence electrons. The molecule has 0 unspecified atom stereocenters. The van der Waals surface area contributed by atoms with Gasteiger partial charge in [0.2, 0.25) is 5.91 Å². The van der Waals surface area contributed by atoms with Gasteiger partial charge in [-0.1, -0.05) is 25.3 Å². The molecule has 0 heterocycles. The summed E-state index contributed by atoms with van der Waals surface area (Å²) < 4.78 is 35.6. The Balaban J connectivity index is 2.14. The second kappa shape index (κ2) is 7.91. The van der Waals surface area contributed by atoms with E-state index in [1.54, 1.807) is 5.32 Å². The van der Waals surface area contributed by atoms with Crippen LogP contribution in [0.5, 0.6) is 0 Å². The molecule has 7 heteroatoms. The van der Waals surface area contributed by atoms with E-state index < -0.39 is 12.1 Å². The van der Waals surface area contributed by atoms with Crippen molar-refractivity contribution in [2.24, 2.45) is 5.92 Å². The summed E-state index contributed by atoms with van der Waals surface area (Å²) in [6, 6.07) is 0. The Labute approximate surface area is 115 Å². The highest BCUT2D eigenvalue weighted by atomic mass is 19.4. The van der Waals surface area contributed by atoms with Crippen molar-refractivity contribution in [3.05, 3.63) is 12.2 Å². The number of nitrogens with one attached hydrogen (secondary N) is 2. The summed E-state index contributed by atoms with van der Waals surface area (Å²) in [6.45, 7) is -0.281. The molecule has 0 radical (unpaired) electrons. The minimum absolute atomic E-state index is 0.0321. The largest absolute Gasteiger partial charge is 0.471 e. The highest BCUT2D eigenvalue weighted by Crippen LogP contribution is 2.24. The third-order valence-electron chi connectivity index (χ3n) is 3.14. The number of carbonyl (C=O) groups excluding carboxylic acids is 2. The van der Waals surface area contributed by atoms with E-state index in [-0.39, 0.29) is 19.0 Å². The molecule has 1 saturated carbocycles. The molecule has 0 spiro atoms. The summed E-state index contributed by atoms with van der Waals surface area (Å²) in [7, 11) is 0. The number of hydrogen-bond donors (Lipinski definition) is 2. The first-order valence-electron chi connectivity index (χ1n) is 6.70. The Kier molecular flexibility index (Phi) is 6.54. The molecule has 1 fully saturated rings. The van der Waals surface area contributed by atoms with Crippen LogP contribution in [0.15, 0.2) is 12.2 Å². The fourth-order valence-electron chi connectivity index (χ4n) is 2.07. The van der Waals surface area contributed by atoms with Crippen LogP contribution in [0.4, 0.5) is 13.2 Å². The summed E-state index contributed by atoms with van der Waals surface area (Å²) in [5, 5.41) is 4.10. The molecule has 2 amide bonds. The third kappa shape index (κ3) is 6.58. The van der Waals surface area contributed by atoms with E-state index >= 15 is 0 Å². The smallest absolute Gasteiger partial charge is 0.351 e.